The third-order valence-electron chi connectivity index (χ3n) is 10.6. The second-order valence-electron chi connectivity index (χ2n) is 11.9. The minimum atomic E-state index is -0.728. The number of aliphatic hydroxyl groups excluding tert-OH is 2. The minimum absolute atomic E-state index is 0.189. The normalized spacial score (nSPS) is 52.9. The second-order valence-corrected chi connectivity index (χ2v) is 11.9. The fourth-order valence-corrected chi connectivity index (χ4v) is 8.92. The first-order valence-corrected chi connectivity index (χ1v) is 12.2. The number of carbonyl (C=O) groups is 1. The standard InChI is InChI=1S/C25H42O4/c1-14-9-10-24(3)16(11-14)12-20(26)23-18-7-6-17(15(2)5-8-22(28)29)25(18,4)21(27)13-19(23)24/h14-21,23,26-27H,5-13H2,1-4H3,(H,28,29)/t14-,15-,16+,17-,18+,19+,20-,21+,23+,24+,25-/m1/s1. The molecule has 0 aromatic rings. The number of aliphatic carboxylic acids is 1. The van der Waals surface area contributed by atoms with Gasteiger partial charge in [-0.1, -0.05) is 34.1 Å². The zero-order chi connectivity index (χ0) is 21.1. The van der Waals surface area contributed by atoms with Crippen LogP contribution in [0.3, 0.4) is 0 Å². The van der Waals surface area contributed by atoms with Crippen molar-refractivity contribution >= 4 is 5.97 Å². The zero-order valence-corrected chi connectivity index (χ0v) is 18.8. The molecule has 4 heteroatoms. The topological polar surface area (TPSA) is 77.8 Å². The Bertz CT molecular complexity index is 634. The molecule has 4 aliphatic rings. The van der Waals surface area contributed by atoms with Crippen LogP contribution in [0.1, 0.15) is 85.5 Å². The summed E-state index contributed by atoms with van der Waals surface area (Å²) >= 11 is 0. The molecule has 0 aromatic carbocycles. The lowest BCUT2D eigenvalue weighted by molar-refractivity contribution is -0.203. The van der Waals surface area contributed by atoms with Crippen molar-refractivity contribution in [2.24, 2.45) is 52.3 Å². The van der Waals surface area contributed by atoms with Crippen LogP contribution in [0.5, 0.6) is 0 Å². The average molecular weight is 407 g/mol. The average Bonchev–Trinajstić information content (AvgIpc) is 3.01. The predicted octanol–water partition coefficient (Wildman–Crippen LogP) is 4.72. The fraction of sp³-hybridized carbons (Fsp3) is 0.960. The number of aliphatic hydroxyl groups is 2. The van der Waals surface area contributed by atoms with Crippen molar-refractivity contribution in [2.75, 3.05) is 0 Å². The van der Waals surface area contributed by atoms with Crippen LogP contribution in [0.15, 0.2) is 0 Å². The molecular formula is C25H42O4. The van der Waals surface area contributed by atoms with E-state index in [0.717, 1.165) is 31.6 Å². The Morgan fingerprint density at radius 2 is 1.79 bits per heavy atom. The number of carboxylic acid groups (broad SMARTS) is 1. The molecule has 4 aliphatic carbocycles. The molecule has 0 amide bonds. The van der Waals surface area contributed by atoms with E-state index in [9.17, 15) is 15.0 Å². The van der Waals surface area contributed by atoms with Gasteiger partial charge in [0, 0.05) is 6.42 Å². The molecule has 0 radical (unpaired) electrons. The smallest absolute Gasteiger partial charge is 0.303 e. The van der Waals surface area contributed by atoms with Crippen molar-refractivity contribution in [2.45, 2.75) is 97.7 Å². The predicted molar refractivity (Wildman–Crippen MR) is 113 cm³/mol. The van der Waals surface area contributed by atoms with Crippen LogP contribution in [0.2, 0.25) is 0 Å². The highest BCUT2D eigenvalue weighted by Gasteiger charge is 2.65. The lowest BCUT2D eigenvalue weighted by Gasteiger charge is -2.63. The third kappa shape index (κ3) is 3.28. The van der Waals surface area contributed by atoms with E-state index in [0.29, 0.717) is 41.9 Å². The summed E-state index contributed by atoms with van der Waals surface area (Å²) in [6.07, 6.45) is 7.94. The van der Waals surface area contributed by atoms with Crippen LogP contribution in [0.4, 0.5) is 0 Å². The Hall–Kier alpha value is -0.610. The zero-order valence-electron chi connectivity index (χ0n) is 18.8. The number of rotatable bonds is 4. The van der Waals surface area contributed by atoms with Gasteiger partial charge in [-0.25, -0.2) is 0 Å². The van der Waals surface area contributed by atoms with Gasteiger partial charge in [0.15, 0.2) is 0 Å². The van der Waals surface area contributed by atoms with Crippen molar-refractivity contribution in [1.29, 1.82) is 0 Å². The van der Waals surface area contributed by atoms with E-state index >= 15 is 0 Å². The lowest BCUT2D eigenvalue weighted by atomic mass is 9.42. The maximum atomic E-state index is 11.5. The highest BCUT2D eigenvalue weighted by molar-refractivity contribution is 5.66. The van der Waals surface area contributed by atoms with Gasteiger partial charge in [-0.05, 0) is 97.2 Å². The van der Waals surface area contributed by atoms with E-state index in [1.165, 1.54) is 19.3 Å². The van der Waals surface area contributed by atoms with Gasteiger partial charge >= 0.3 is 5.97 Å². The third-order valence-corrected chi connectivity index (χ3v) is 10.6. The molecule has 0 aliphatic heterocycles. The molecule has 4 nitrogen and oxygen atoms in total. The molecule has 0 unspecified atom stereocenters. The summed E-state index contributed by atoms with van der Waals surface area (Å²) in [4.78, 5) is 11.1. The second kappa shape index (κ2) is 7.51. The molecule has 4 fully saturated rings. The first-order valence-electron chi connectivity index (χ1n) is 12.2. The Morgan fingerprint density at radius 1 is 1.07 bits per heavy atom. The van der Waals surface area contributed by atoms with Gasteiger partial charge in [0.1, 0.15) is 0 Å². The van der Waals surface area contributed by atoms with E-state index in [1.807, 2.05) is 0 Å². The van der Waals surface area contributed by atoms with Gasteiger partial charge in [-0.15, -0.1) is 0 Å². The maximum Gasteiger partial charge on any atom is 0.303 e. The molecule has 0 heterocycles. The Morgan fingerprint density at radius 3 is 2.48 bits per heavy atom. The molecule has 0 bridgehead atoms. The SMILES string of the molecule is C[C@@H]1CC[C@@]2(C)[C@@H](C1)C[C@@H](O)[C@@H]1[C@@H]2C[C@H](O)[C@]2(C)[C@@H]([C@H](C)CCC(=O)O)CC[C@@H]12. The molecule has 4 saturated carbocycles. The number of hydrogen-bond donors (Lipinski definition) is 3. The van der Waals surface area contributed by atoms with Crippen LogP contribution in [0, 0.1) is 52.3 Å². The van der Waals surface area contributed by atoms with E-state index < -0.39 is 5.97 Å². The molecule has 11 atom stereocenters. The largest absolute Gasteiger partial charge is 0.481 e. The van der Waals surface area contributed by atoms with Gasteiger partial charge in [0.25, 0.3) is 0 Å². The molecule has 29 heavy (non-hydrogen) atoms. The van der Waals surface area contributed by atoms with Crippen LogP contribution in [-0.2, 0) is 4.79 Å². The molecule has 4 rings (SSSR count). The summed E-state index contributed by atoms with van der Waals surface area (Å²) in [6, 6.07) is 0. The summed E-state index contributed by atoms with van der Waals surface area (Å²) in [5, 5.41) is 32.0. The maximum absolute atomic E-state index is 11.5. The summed E-state index contributed by atoms with van der Waals surface area (Å²) < 4.78 is 0. The summed E-state index contributed by atoms with van der Waals surface area (Å²) in [5.74, 6) is 2.35. The van der Waals surface area contributed by atoms with Crippen LogP contribution >= 0.6 is 0 Å². The fourth-order valence-electron chi connectivity index (χ4n) is 8.92. The van der Waals surface area contributed by atoms with E-state index in [2.05, 4.69) is 27.7 Å². The van der Waals surface area contributed by atoms with Crippen molar-refractivity contribution in [3.8, 4) is 0 Å². The first-order chi connectivity index (χ1) is 13.6. The molecule has 0 spiro atoms. The van der Waals surface area contributed by atoms with E-state index in [-0.39, 0.29) is 29.5 Å². The highest BCUT2D eigenvalue weighted by atomic mass is 16.4. The molecule has 3 N–H and O–H groups in total. The first kappa shape index (κ1) is 21.6. The molecule has 0 saturated heterocycles. The van der Waals surface area contributed by atoms with Gasteiger partial charge in [0.05, 0.1) is 12.2 Å². The van der Waals surface area contributed by atoms with Gasteiger partial charge in [0.2, 0.25) is 0 Å². The van der Waals surface area contributed by atoms with Crippen molar-refractivity contribution in [3.05, 3.63) is 0 Å². The monoisotopic (exact) mass is 406 g/mol. The Kier molecular flexibility index (Phi) is 5.60. The van der Waals surface area contributed by atoms with Crippen molar-refractivity contribution in [3.63, 3.8) is 0 Å². The minimum Gasteiger partial charge on any atom is -0.481 e. The number of fused-ring (bicyclic) bond motifs is 5. The Labute approximate surface area is 176 Å². The van der Waals surface area contributed by atoms with Gasteiger partial charge in [-0.3, -0.25) is 4.79 Å². The number of hydrogen-bond acceptors (Lipinski definition) is 3. The summed E-state index contributed by atoms with van der Waals surface area (Å²) in [5.41, 5.74) is 0.0664. The Balaban J connectivity index is 1.61. The van der Waals surface area contributed by atoms with E-state index in [1.54, 1.807) is 0 Å². The lowest BCUT2D eigenvalue weighted by Crippen LogP contribution is -2.62. The molecule has 166 valence electrons. The van der Waals surface area contributed by atoms with Crippen LogP contribution in [0.25, 0.3) is 0 Å². The van der Waals surface area contributed by atoms with E-state index in [4.69, 9.17) is 5.11 Å². The summed E-state index contributed by atoms with van der Waals surface area (Å²) in [6.45, 7) is 9.25. The van der Waals surface area contributed by atoms with Crippen LogP contribution in [-0.4, -0.2) is 33.5 Å². The molecular weight excluding hydrogens is 364 g/mol. The highest BCUT2D eigenvalue weighted by Crippen LogP contribution is 2.68. The quantitative estimate of drug-likeness (QED) is 0.631. The summed E-state index contributed by atoms with van der Waals surface area (Å²) in [7, 11) is 0. The molecule has 0 aromatic heterocycles. The van der Waals surface area contributed by atoms with Gasteiger partial charge in [-0.2, -0.15) is 0 Å². The number of carboxylic acids is 1. The van der Waals surface area contributed by atoms with Crippen LogP contribution < -0.4 is 0 Å². The van der Waals surface area contributed by atoms with Crippen molar-refractivity contribution < 1.29 is 20.1 Å². The van der Waals surface area contributed by atoms with Gasteiger partial charge < -0.3 is 15.3 Å². The van der Waals surface area contributed by atoms with Crippen molar-refractivity contribution in [1.82, 2.24) is 0 Å².